The van der Waals surface area contributed by atoms with Gasteiger partial charge in [0.25, 0.3) is 0 Å². The standard InChI is InChI=1S/C26H33NO5S/c1-2-15-7-8-17(11-19(15)16-5-3-4-6-16)31-13-20-18-9-10-23(32-24(18)12-22(20)28)25-27-21(14-33-25)26(29)30/h7-8,11,14,16,18,20,22-24,28H,2-6,9-10,12-13H2,1H3,(H,29,30)/t18-,20-,22+,23-,24+/m1/s1. The number of hydrogen-bond acceptors (Lipinski definition) is 6. The average Bonchev–Trinajstić information content (AvgIpc) is 3.57. The minimum atomic E-state index is -1.01. The lowest BCUT2D eigenvalue weighted by Gasteiger charge is -2.33. The first kappa shape index (κ1) is 22.8. The van der Waals surface area contributed by atoms with Crippen molar-refractivity contribution in [2.75, 3.05) is 6.61 Å². The van der Waals surface area contributed by atoms with Gasteiger partial charge in [0.2, 0.25) is 0 Å². The minimum absolute atomic E-state index is 0.0407. The quantitative estimate of drug-likeness (QED) is 0.565. The molecule has 2 saturated carbocycles. The monoisotopic (exact) mass is 471 g/mol. The second kappa shape index (κ2) is 9.72. The molecular weight excluding hydrogens is 438 g/mol. The van der Waals surface area contributed by atoms with Crippen molar-refractivity contribution in [3.8, 4) is 5.75 Å². The van der Waals surface area contributed by atoms with Gasteiger partial charge in [-0.3, -0.25) is 0 Å². The predicted octanol–water partition coefficient (Wildman–Crippen LogP) is 5.36. The number of hydrogen-bond donors (Lipinski definition) is 2. The second-order valence-electron chi connectivity index (χ2n) is 9.75. The summed E-state index contributed by atoms with van der Waals surface area (Å²) in [5, 5.41) is 22.2. The number of rotatable bonds is 7. The molecule has 33 heavy (non-hydrogen) atoms. The summed E-state index contributed by atoms with van der Waals surface area (Å²) in [5.74, 6) is 0.842. The van der Waals surface area contributed by atoms with E-state index in [1.165, 1.54) is 48.1 Å². The summed E-state index contributed by atoms with van der Waals surface area (Å²) in [6.07, 6.45) is 7.84. The van der Waals surface area contributed by atoms with Crippen molar-refractivity contribution in [1.82, 2.24) is 4.98 Å². The van der Waals surface area contributed by atoms with E-state index in [4.69, 9.17) is 14.6 Å². The molecule has 3 aliphatic rings. The third-order valence-corrected chi connectivity index (χ3v) is 8.79. The van der Waals surface area contributed by atoms with E-state index in [2.05, 4.69) is 30.1 Å². The first-order valence-corrected chi connectivity index (χ1v) is 13.2. The first-order chi connectivity index (χ1) is 16.0. The van der Waals surface area contributed by atoms with Crippen molar-refractivity contribution in [1.29, 1.82) is 0 Å². The fraction of sp³-hybridized carbons (Fsp3) is 0.615. The van der Waals surface area contributed by atoms with Crippen LogP contribution < -0.4 is 4.74 Å². The fourth-order valence-corrected chi connectivity index (χ4v) is 6.93. The molecule has 1 aromatic heterocycles. The Morgan fingerprint density at radius 2 is 2.06 bits per heavy atom. The van der Waals surface area contributed by atoms with Gasteiger partial charge in [0.15, 0.2) is 5.69 Å². The Hall–Kier alpha value is -1.96. The number of aromatic nitrogens is 1. The maximum atomic E-state index is 11.1. The minimum Gasteiger partial charge on any atom is -0.493 e. The number of fused-ring (bicyclic) bond motifs is 1. The van der Waals surface area contributed by atoms with Crippen LogP contribution in [0.15, 0.2) is 23.6 Å². The molecule has 2 N–H and O–H groups in total. The molecule has 5 rings (SSSR count). The number of benzene rings is 1. The van der Waals surface area contributed by atoms with Crippen LogP contribution in [0.5, 0.6) is 5.75 Å². The molecule has 6 nitrogen and oxygen atoms in total. The largest absolute Gasteiger partial charge is 0.493 e. The van der Waals surface area contributed by atoms with E-state index < -0.39 is 12.1 Å². The predicted molar refractivity (Wildman–Crippen MR) is 126 cm³/mol. The number of aliphatic hydroxyl groups excluding tert-OH is 1. The van der Waals surface area contributed by atoms with Crippen LogP contribution in [0.1, 0.15) is 90.5 Å². The molecule has 2 aromatic rings. The summed E-state index contributed by atoms with van der Waals surface area (Å²) in [5.41, 5.74) is 2.95. The van der Waals surface area contributed by atoms with Crippen LogP contribution >= 0.6 is 11.3 Å². The van der Waals surface area contributed by atoms with E-state index in [9.17, 15) is 9.90 Å². The molecule has 1 aliphatic heterocycles. The molecule has 5 atom stereocenters. The fourth-order valence-electron chi connectivity index (χ4n) is 6.07. The van der Waals surface area contributed by atoms with Crippen molar-refractivity contribution < 1.29 is 24.5 Å². The lowest BCUT2D eigenvalue weighted by molar-refractivity contribution is -0.0811. The highest BCUT2D eigenvalue weighted by Crippen LogP contribution is 2.46. The third-order valence-electron chi connectivity index (χ3n) is 7.85. The average molecular weight is 472 g/mol. The zero-order valence-corrected chi connectivity index (χ0v) is 19.9. The molecule has 0 radical (unpaired) electrons. The number of nitrogens with zero attached hydrogens (tertiary/aromatic N) is 1. The highest BCUT2D eigenvalue weighted by molar-refractivity contribution is 7.09. The van der Waals surface area contributed by atoms with Crippen molar-refractivity contribution in [3.05, 3.63) is 45.4 Å². The Morgan fingerprint density at radius 3 is 2.79 bits per heavy atom. The molecule has 0 bridgehead atoms. The van der Waals surface area contributed by atoms with Gasteiger partial charge in [-0.15, -0.1) is 11.3 Å². The van der Waals surface area contributed by atoms with Crippen molar-refractivity contribution >= 4 is 17.3 Å². The maximum absolute atomic E-state index is 11.1. The van der Waals surface area contributed by atoms with E-state index >= 15 is 0 Å². The van der Waals surface area contributed by atoms with Gasteiger partial charge in [-0.2, -0.15) is 0 Å². The normalized spacial score (nSPS) is 29.8. The van der Waals surface area contributed by atoms with Gasteiger partial charge in [0, 0.05) is 17.7 Å². The number of aryl methyl sites for hydroxylation is 1. The number of thiazole rings is 1. The van der Waals surface area contributed by atoms with Crippen LogP contribution in [0.3, 0.4) is 0 Å². The molecule has 3 fully saturated rings. The number of aliphatic hydroxyl groups is 1. The van der Waals surface area contributed by atoms with E-state index in [1.54, 1.807) is 5.38 Å². The molecule has 0 amide bonds. The Kier molecular flexibility index (Phi) is 6.72. The van der Waals surface area contributed by atoms with Crippen LogP contribution in [-0.4, -0.2) is 40.0 Å². The van der Waals surface area contributed by atoms with Crippen LogP contribution in [0.2, 0.25) is 0 Å². The lowest BCUT2D eigenvalue weighted by atomic mass is 9.87. The van der Waals surface area contributed by atoms with Gasteiger partial charge in [0.1, 0.15) is 16.9 Å². The molecular formula is C26H33NO5S. The first-order valence-electron chi connectivity index (χ1n) is 12.3. The maximum Gasteiger partial charge on any atom is 0.355 e. The Labute approximate surface area is 199 Å². The second-order valence-corrected chi connectivity index (χ2v) is 10.6. The summed E-state index contributed by atoms with van der Waals surface area (Å²) in [6, 6.07) is 6.53. The molecule has 2 heterocycles. The van der Waals surface area contributed by atoms with Gasteiger partial charge in [-0.25, -0.2) is 9.78 Å². The van der Waals surface area contributed by atoms with Gasteiger partial charge in [0.05, 0.1) is 18.8 Å². The smallest absolute Gasteiger partial charge is 0.355 e. The van der Waals surface area contributed by atoms with E-state index in [0.29, 0.717) is 18.9 Å². The van der Waals surface area contributed by atoms with Crippen molar-refractivity contribution in [2.24, 2.45) is 11.8 Å². The van der Waals surface area contributed by atoms with Crippen LogP contribution in [0.4, 0.5) is 0 Å². The Morgan fingerprint density at radius 1 is 1.24 bits per heavy atom. The van der Waals surface area contributed by atoms with Crippen molar-refractivity contribution in [2.45, 2.75) is 82.5 Å². The summed E-state index contributed by atoms with van der Waals surface area (Å²) >= 11 is 1.34. The number of carboxylic acids is 1. The number of aromatic carboxylic acids is 1. The van der Waals surface area contributed by atoms with E-state index in [0.717, 1.165) is 30.0 Å². The zero-order chi connectivity index (χ0) is 22.9. The van der Waals surface area contributed by atoms with Gasteiger partial charge in [-0.1, -0.05) is 25.8 Å². The third kappa shape index (κ3) is 4.68. The highest BCUT2D eigenvalue weighted by atomic mass is 32.1. The Balaban J connectivity index is 1.22. The molecule has 1 aromatic carbocycles. The van der Waals surface area contributed by atoms with Gasteiger partial charge < -0.3 is 19.7 Å². The number of ether oxygens (including phenoxy) is 2. The molecule has 2 aliphatic carbocycles. The van der Waals surface area contributed by atoms with E-state index in [-0.39, 0.29) is 29.7 Å². The summed E-state index contributed by atoms with van der Waals surface area (Å²) < 4.78 is 12.6. The summed E-state index contributed by atoms with van der Waals surface area (Å²) in [6.45, 7) is 2.71. The summed E-state index contributed by atoms with van der Waals surface area (Å²) in [7, 11) is 0. The SMILES string of the molecule is CCc1ccc(OC[C@@H]2[C@H]3CC[C@H](c4nc(C(=O)O)cs4)O[C@H]3C[C@@H]2O)cc1C1CCCC1. The number of carboxylic acid groups (broad SMARTS) is 1. The Bertz CT molecular complexity index is 985. The molecule has 0 unspecified atom stereocenters. The number of carbonyl (C=O) groups is 1. The highest BCUT2D eigenvalue weighted by Gasteiger charge is 2.47. The van der Waals surface area contributed by atoms with Crippen LogP contribution in [0, 0.1) is 11.8 Å². The van der Waals surface area contributed by atoms with Gasteiger partial charge in [-0.05, 0) is 67.2 Å². The van der Waals surface area contributed by atoms with Crippen LogP contribution in [-0.2, 0) is 11.2 Å². The van der Waals surface area contributed by atoms with Gasteiger partial charge >= 0.3 is 5.97 Å². The van der Waals surface area contributed by atoms with Crippen LogP contribution in [0.25, 0.3) is 0 Å². The zero-order valence-electron chi connectivity index (χ0n) is 19.1. The topological polar surface area (TPSA) is 88.9 Å². The molecule has 178 valence electrons. The molecule has 0 spiro atoms. The molecule has 7 heteroatoms. The van der Waals surface area contributed by atoms with E-state index in [1.807, 2.05) is 0 Å². The lowest BCUT2D eigenvalue weighted by Crippen LogP contribution is -2.33. The molecule has 1 saturated heterocycles. The van der Waals surface area contributed by atoms with Crippen molar-refractivity contribution in [3.63, 3.8) is 0 Å². The summed E-state index contributed by atoms with van der Waals surface area (Å²) in [4.78, 5) is 15.4.